The van der Waals surface area contributed by atoms with Gasteiger partial charge in [-0.3, -0.25) is 0 Å². The van der Waals surface area contributed by atoms with Crippen LogP contribution in [0.25, 0.3) is 11.0 Å². The number of hydrogen-bond donors (Lipinski definition) is 1. The second kappa shape index (κ2) is 3.06. The van der Waals surface area contributed by atoms with Crippen LogP contribution in [0.5, 0.6) is 0 Å². The zero-order valence-corrected chi connectivity index (χ0v) is 7.21. The van der Waals surface area contributed by atoms with Gasteiger partial charge in [-0.2, -0.15) is 8.78 Å². The topological polar surface area (TPSA) is 33.4 Å². The summed E-state index contributed by atoms with van der Waals surface area (Å²) in [6.45, 7) is -1.21. The van der Waals surface area contributed by atoms with E-state index in [1.165, 1.54) is 6.07 Å². The predicted molar refractivity (Wildman–Crippen MR) is 47.2 cm³/mol. The first-order chi connectivity index (χ1) is 6.65. The number of aliphatic hydroxyl groups excluding tert-OH is 1. The highest BCUT2D eigenvalue weighted by molar-refractivity contribution is 5.81. The summed E-state index contributed by atoms with van der Waals surface area (Å²) in [4.78, 5) is 0. The fourth-order valence-electron chi connectivity index (χ4n) is 1.35. The highest BCUT2D eigenvalue weighted by atomic mass is 19.3. The molecule has 1 N–H and O–H groups in total. The predicted octanol–water partition coefficient (Wildman–Crippen LogP) is 2.52. The van der Waals surface area contributed by atoms with Crippen molar-refractivity contribution in [1.29, 1.82) is 0 Å². The van der Waals surface area contributed by atoms with Crippen molar-refractivity contribution in [3.05, 3.63) is 36.1 Å². The van der Waals surface area contributed by atoms with Crippen molar-refractivity contribution in [1.82, 2.24) is 0 Å². The van der Waals surface area contributed by atoms with Gasteiger partial charge in [0.2, 0.25) is 0 Å². The number of hydrogen-bond acceptors (Lipinski definition) is 2. The molecule has 2 nitrogen and oxygen atoms in total. The Bertz CT molecular complexity index is 448. The molecule has 0 atom stereocenters. The van der Waals surface area contributed by atoms with Crippen molar-refractivity contribution >= 4 is 11.0 Å². The molecule has 0 saturated carbocycles. The lowest BCUT2D eigenvalue weighted by atomic mass is 10.1. The first kappa shape index (κ1) is 9.15. The minimum atomic E-state index is -3.24. The summed E-state index contributed by atoms with van der Waals surface area (Å²) in [5.74, 6) is -3.24. The molecule has 0 bridgehead atoms. The lowest BCUT2D eigenvalue weighted by molar-refractivity contribution is -0.0549. The van der Waals surface area contributed by atoms with Crippen LogP contribution in [0.15, 0.2) is 34.9 Å². The van der Waals surface area contributed by atoms with Gasteiger partial charge in [0, 0.05) is 5.39 Å². The monoisotopic (exact) mass is 198 g/mol. The molecular formula is C10H8F2O2. The lowest BCUT2D eigenvalue weighted by Crippen LogP contribution is -2.17. The molecule has 2 rings (SSSR count). The Morgan fingerprint density at radius 1 is 1.29 bits per heavy atom. The van der Waals surface area contributed by atoms with Crippen LogP contribution in [-0.4, -0.2) is 11.7 Å². The minimum Gasteiger partial charge on any atom is -0.464 e. The van der Waals surface area contributed by atoms with Crippen LogP contribution in [0.1, 0.15) is 5.56 Å². The van der Waals surface area contributed by atoms with Crippen LogP contribution in [0.3, 0.4) is 0 Å². The Morgan fingerprint density at radius 2 is 2.00 bits per heavy atom. The largest absolute Gasteiger partial charge is 0.464 e. The zero-order chi connectivity index (χ0) is 10.2. The average Bonchev–Trinajstić information content (AvgIpc) is 2.61. The molecule has 0 aliphatic rings. The van der Waals surface area contributed by atoms with Crippen molar-refractivity contribution in [2.24, 2.45) is 0 Å². The first-order valence-electron chi connectivity index (χ1n) is 4.10. The summed E-state index contributed by atoms with van der Waals surface area (Å²) in [6, 6.07) is 6.49. The second-order valence-corrected chi connectivity index (χ2v) is 3.01. The van der Waals surface area contributed by atoms with Crippen LogP contribution in [0.4, 0.5) is 8.78 Å². The Labute approximate surface area is 78.8 Å². The van der Waals surface area contributed by atoms with Crippen molar-refractivity contribution < 1.29 is 18.3 Å². The maximum absolute atomic E-state index is 13.1. The van der Waals surface area contributed by atoms with E-state index in [4.69, 9.17) is 9.52 Å². The number of fused-ring (bicyclic) bond motifs is 1. The van der Waals surface area contributed by atoms with E-state index < -0.39 is 12.5 Å². The molecule has 0 unspecified atom stereocenters. The molecule has 74 valence electrons. The van der Waals surface area contributed by atoms with E-state index in [1.54, 1.807) is 18.2 Å². The number of aliphatic hydroxyl groups is 1. The fourth-order valence-corrected chi connectivity index (χ4v) is 1.35. The van der Waals surface area contributed by atoms with Gasteiger partial charge in [-0.25, -0.2) is 0 Å². The second-order valence-electron chi connectivity index (χ2n) is 3.01. The molecule has 0 aliphatic carbocycles. The van der Waals surface area contributed by atoms with Gasteiger partial charge in [-0.05, 0) is 6.07 Å². The molecule has 1 aromatic carbocycles. The summed E-state index contributed by atoms with van der Waals surface area (Å²) in [6.07, 6.45) is 0.987. The van der Waals surface area contributed by atoms with Gasteiger partial charge in [0.1, 0.15) is 18.5 Å². The summed E-state index contributed by atoms with van der Waals surface area (Å²) >= 11 is 0. The van der Waals surface area contributed by atoms with Gasteiger partial charge < -0.3 is 9.52 Å². The molecule has 2 aromatic rings. The van der Waals surface area contributed by atoms with E-state index in [9.17, 15) is 8.78 Å². The van der Waals surface area contributed by atoms with Crippen LogP contribution in [-0.2, 0) is 5.92 Å². The summed E-state index contributed by atoms with van der Waals surface area (Å²) in [7, 11) is 0. The van der Waals surface area contributed by atoms with Crippen molar-refractivity contribution in [2.75, 3.05) is 6.61 Å². The SMILES string of the molecule is OCC(F)(F)c1coc2ccccc12. The van der Waals surface area contributed by atoms with Crippen molar-refractivity contribution in [2.45, 2.75) is 5.92 Å². The Morgan fingerprint density at radius 3 is 2.71 bits per heavy atom. The van der Waals surface area contributed by atoms with Crippen molar-refractivity contribution in [3.8, 4) is 0 Å². The lowest BCUT2D eigenvalue weighted by Gasteiger charge is -2.10. The normalized spacial score (nSPS) is 12.2. The Hall–Kier alpha value is -1.42. The average molecular weight is 198 g/mol. The van der Waals surface area contributed by atoms with Gasteiger partial charge in [0.05, 0.1) is 5.56 Å². The van der Waals surface area contributed by atoms with Gasteiger partial charge in [0.15, 0.2) is 0 Å². The summed E-state index contributed by atoms with van der Waals surface area (Å²) in [5, 5.41) is 8.87. The number of halogens is 2. The molecule has 0 aliphatic heterocycles. The highest BCUT2D eigenvalue weighted by Crippen LogP contribution is 2.34. The number of rotatable bonds is 2. The van der Waals surface area contributed by atoms with Crippen LogP contribution < -0.4 is 0 Å². The van der Waals surface area contributed by atoms with E-state index >= 15 is 0 Å². The van der Waals surface area contributed by atoms with E-state index in [-0.39, 0.29) is 5.56 Å². The molecule has 0 fully saturated rings. The maximum Gasteiger partial charge on any atom is 0.299 e. The van der Waals surface area contributed by atoms with E-state index in [2.05, 4.69) is 0 Å². The van der Waals surface area contributed by atoms with Crippen LogP contribution in [0.2, 0.25) is 0 Å². The van der Waals surface area contributed by atoms with Crippen LogP contribution >= 0.6 is 0 Å². The molecule has 14 heavy (non-hydrogen) atoms. The highest BCUT2D eigenvalue weighted by Gasteiger charge is 2.34. The van der Waals surface area contributed by atoms with Crippen molar-refractivity contribution in [3.63, 3.8) is 0 Å². The molecule has 0 amide bonds. The molecule has 0 saturated heterocycles. The molecule has 4 heteroatoms. The Balaban J connectivity index is 2.64. The summed E-state index contributed by atoms with van der Waals surface area (Å²) < 4.78 is 31.2. The smallest absolute Gasteiger partial charge is 0.299 e. The van der Waals surface area contributed by atoms with E-state index in [1.807, 2.05) is 0 Å². The fraction of sp³-hybridized carbons (Fsp3) is 0.200. The molecular weight excluding hydrogens is 190 g/mol. The molecule has 1 aromatic heterocycles. The minimum absolute atomic E-state index is 0.268. The third-order valence-corrected chi connectivity index (χ3v) is 2.07. The van der Waals surface area contributed by atoms with E-state index in [0.717, 1.165) is 6.26 Å². The number of alkyl halides is 2. The third-order valence-electron chi connectivity index (χ3n) is 2.07. The maximum atomic E-state index is 13.1. The van der Waals surface area contributed by atoms with Gasteiger partial charge in [-0.1, -0.05) is 18.2 Å². The van der Waals surface area contributed by atoms with Gasteiger partial charge >= 0.3 is 0 Å². The molecule has 1 heterocycles. The standard InChI is InChI=1S/C10H8F2O2/c11-10(12,6-13)8-5-14-9-4-2-1-3-7(8)9/h1-5,13H,6H2. The number of furan rings is 1. The third kappa shape index (κ3) is 1.28. The number of benzene rings is 1. The summed E-state index contributed by atoms with van der Waals surface area (Å²) in [5.41, 5.74) is 0.131. The van der Waals surface area contributed by atoms with Crippen LogP contribution in [0, 0.1) is 0 Å². The first-order valence-corrected chi connectivity index (χ1v) is 4.10. The zero-order valence-electron chi connectivity index (χ0n) is 7.21. The quantitative estimate of drug-likeness (QED) is 0.804. The molecule has 0 spiro atoms. The van der Waals surface area contributed by atoms with Gasteiger partial charge in [-0.15, -0.1) is 0 Å². The molecule has 0 radical (unpaired) electrons. The van der Waals surface area contributed by atoms with E-state index in [0.29, 0.717) is 11.0 Å². The van der Waals surface area contributed by atoms with Gasteiger partial charge in [0.25, 0.3) is 5.92 Å². The number of para-hydroxylation sites is 1. The Kier molecular flexibility index (Phi) is 2.00.